The van der Waals surface area contributed by atoms with Gasteiger partial charge in [-0.1, -0.05) is 40.7 Å². The zero-order valence-electron chi connectivity index (χ0n) is 13.3. The molecule has 0 aromatic carbocycles. The van der Waals surface area contributed by atoms with Crippen LogP contribution in [0.15, 0.2) is 11.6 Å². The summed E-state index contributed by atoms with van der Waals surface area (Å²) in [4.78, 5) is 0. The lowest BCUT2D eigenvalue weighted by Gasteiger charge is -2.44. The predicted octanol–water partition coefficient (Wildman–Crippen LogP) is 4.11. The van der Waals surface area contributed by atoms with Crippen LogP contribution < -0.4 is 0 Å². The summed E-state index contributed by atoms with van der Waals surface area (Å²) >= 11 is 0. The Bertz CT molecular complexity index is 337. The lowest BCUT2D eigenvalue weighted by atomic mass is 9.74. The summed E-state index contributed by atoms with van der Waals surface area (Å²) in [5.41, 5.74) is 0.959. The van der Waals surface area contributed by atoms with Crippen LogP contribution in [0.3, 0.4) is 0 Å². The van der Waals surface area contributed by atoms with E-state index in [1.807, 2.05) is 6.92 Å². The summed E-state index contributed by atoms with van der Waals surface area (Å²) in [6, 6.07) is 0. The molecule has 1 aliphatic carbocycles. The Morgan fingerprint density at radius 3 is 2.22 bits per heavy atom. The van der Waals surface area contributed by atoms with E-state index in [0.29, 0.717) is 0 Å². The molecule has 0 bridgehead atoms. The molecular weight excluding hydrogens is 240 g/mol. The molecule has 0 aliphatic heterocycles. The molecular formula is C15H30O2Si. The molecule has 0 spiro atoms. The van der Waals surface area contributed by atoms with Gasteiger partial charge in [0.2, 0.25) is 0 Å². The minimum Gasteiger partial charge on any atom is -0.411 e. The largest absolute Gasteiger partial charge is 0.411 e. The Hall–Kier alpha value is -0.123. The van der Waals surface area contributed by atoms with Gasteiger partial charge < -0.3 is 9.53 Å². The molecule has 0 saturated heterocycles. The minimum absolute atomic E-state index is 0.0914. The van der Waals surface area contributed by atoms with Crippen molar-refractivity contribution >= 4 is 8.32 Å². The zero-order valence-corrected chi connectivity index (χ0v) is 14.3. The van der Waals surface area contributed by atoms with Crippen molar-refractivity contribution in [3.63, 3.8) is 0 Å². The van der Waals surface area contributed by atoms with E-state index in [-0.39, 0.29) is 22.7 Å². The van der Waals surface area contributed by atoms with E-state index in [4.69, 9.17) is 4.43 Å². The monoisotopic (exact) mass is 270 g/mol. The average Bonchev–Trinajstić information content (AvgIpc) is 2.10. The second-order valence-corrected chi connectivity index (χ2v) is 12.7. The molecule has 2 atom stereocenters. The van der Waals surface area contributed by atoms with Gasteiger partial charge in [0.05, 0.1) is 12.2 Å². The fraction of sp³-hybridized carbons (Fsp3) is 0.867. The van der Waals surface area contributed by atoms with Gasteiger partial charge >= 0.3 is 0 Å². The Morgan fingerprint density at radius 1 is 1.33 bits per heavy atom. The quantitative estimate of drug-likeness (QED) is 0.604. The highest BCUT2D eigenvalue weighted by Crippen LogP contribution is 2.42. The summed E-state index contributed by atoms with van der Waals surface area (Å²) < 4.78 is 6.45. The first-order chi connectivity index (χ1) is 7.87. The summed E-state index contributed by atoms with van der Waals surface area (Å²) in [6.45, 7) is 17.6. The first-order valence-corrected chi connectivity index (χ1v) is 9.82. The highest BCUT2D eigenvalue weighted by Gasteiger charge is 2.42. The third kappa shape index (κ3) is 3.25. The van der Waals surface area contributed by atoms with Gasteiger partial charge in [-0.25, -0.2) is 0 Å². The van der Waals surface area contributed by atoms with Gasteiger partial charge in [-0.3, -0.25) is 0 Å². The van der Waals surface area contributed by atoms with Gasteiger partial charge in [-0.05, 0) is 42.5 Å². The second kappa shape index (κ2) is 4.77. The smallest absolute Gasteiger partial charge is 0.192 e. The fourth-order valence-electron chi connectivity index (χ4n) is 2.32. The van der Waals surface area contributed by atoms with Gasteiger partial charge in [0.25, 0.3) is 0 Å². The maximum Gasteiger partial charge on any atom is 0.192 e. The summed E-state index contributed by atoms with van der Waals surface area (Å²) in [7, 11) is -1.73. The number of aliphatic hydroxyl groups excluding tert-OH is 1. The van der Waals surface area contributed by atoms with Crippen molar-refractivity contribution in [2.24, 2.45) is 5.41 Å². The van der Waals surface area contributed by atoms with E-state index in [1.165, 1.54) is 0 Å². The summed E-state index contributed by atoms with van der Waals surface area (Å²) in [5, 5.41) is 10.4. The van der Waals surface area contributed by atoms with Crippen LogP contribution >= 0.6 is 0 Å². The van der Waals surface area contributed by atoms with E-state index in [2.05, 4.69) is 53.8 Å². The number of hydrogen-bond donors (Lipinski definition) is 1. The van der Waals surface area contributed by atoms with Crippen molar-refractivity contribution in [3.8, 4) is 0 Å². The predicted molar refractivity (Wildman–Crippen MR) is 80.2 cm³/mol. The van der Waals surface area contributed by atoms with E-state index < -0.39 is 8.32 Å². The van der Waals surface area contributed by atoms with E-state index >= 15 is 0 Å². The Balaban J connectivity index is 2.88. The molecule has 0 radical (unpaired) electrons. The van der Waals surface area contributed by atoms with Crippen LogP contribution in [0, 0.1) is 5.41 Å². The topological polar surface area (TPSA) is 29.5 Å². The second-order valence-electron chi connectivity index (χ2n) is 7.92. The first-order valence-electron chi connectivity index (χ1n) is 6.91. The van der Waals surface area contributed by atoms with Crippen molar-refractivity contribution < 1.29 is 9.53 Å². The van der Waals surface area contributed by atoms with Crippen molar-refractivity contribution in [2.75, 3.05) is 0 Å². The molecule has 0 amide bonds. The molecule has 0 fully saturated rings. The fourth-order valence-corrected chi connectivity index (χ4v) is 3.58. The molecule has 106 valence electrons. The van der Waals surface area contributed by atoms with Crippen LogP contribution in [-0.4, -0.2) is 25.6 Å². The third-order valence-electron chi connectivity index (χ3n) is 4.60. The van der Waals surface area contributed by atoms with Crippen LogP contribution in [0.1, 0.15) is 48.0 Å². The Kier molecular flexibility index (Phi) is 4.22. The average molecular weight is 270 g/mol. The van der Waals surface area contributed by atoms with Crippen molar-refractivity contribution in [3.05, 3.63) is 11.6 Å². The van der Waals surface area contributed by atoms with Gasteiger partial charge in [0.15, 0.2) is 8.32 Å². The number of rotatable bonds is 2. The minimum atomic E-state index is -1.73. The molecule has 0 heterocycles. The van der Waals surface area contributed by atoms with Crippen LogP contribution in [0.25, 0.3) is 0 Å². The first kappa shape index (κ1) is 15.9. The zero-order chi connectivity index (χ0) is 14.4. The highest BCUT2D eigenvalue weighted by molar-refractivity contribution is 6.74. The van der Waals surface area contributed by atoms with Gasteiger partial charge in [0.1, 0.15) is 0 Å². The van der Waals surface area contributed by atoms with E-state index in [1.54, 1.807) is 0 Å². The van der Waals surface area contributed by atoms with Gasteiger partial charge in [-0.15, -0.1) is 0 Å². The maximum absolute atomic E-state index is 10.2. The summed E-state index contributed by atoms with van der Waals surface area (Å²) in [6.07, 6.45) is 2.84. The molecule has 0 aromatic heterocycles. The van der Waals surface area contributed by atoms with E-state index in [9.17, 15) is 5.11 Å². The number of hydrogen-bond acceptors (Lipinski definition) is 2. The standard InChI is InChI=1S/C15H30O2Si/c1-11-9-12(10-15(5,6)13(11)16)17-18(7,8)14(2,3)4/h9,12-13,16H,10H2,1-8H3. The van der Waals surface area contributed by atoms with Crippen LogP contribution in [0.5, 0.6) is 0 Å². The molecule has 2 nitrogen and oxygen atoms in total. The lowest BCUT2D eigenvalue weighted by Crippen LogP contribution is -2.47. The van der Waals surface area contributed by atoms with Crippen LogP contribution in [-0.2, 0) is 4.43 Å². The molecule has 2 unspecified atom stereocenters. The Labute approximate surface area is 114 Å². The van der Waals surface area contributed by atoms with Crippen molar-refractivity contribution in [2.45, 2.75) is 78.3 Å². The molecule has 1 rings (SSSR count). The number of aliphatic hydroxyl groups is 1. The van der Waals surface area contributed by atoms with Crippen molar-refractivity contribution in [1.82, 2.24) is 0 Å². The van der Waals surface area contributed by atoms with Gasteiger partial charge in [0, 0.05) is 0 Å². The van der Waals surface area contributed by atoms with Crippen LogP contribution in [0.2, 0.25) is 18.1 Å². The third-order valence-corrected chi connectivity index (χ3v) is 9.10. The highest BCUT2D eigenvalue weighted by atomic mass is 28.4. The Morgan fingerprint density at radius 2 is 1.83 bits per heavy atom. The van der Waals surface area contributed by atoms with Crippen molar-refractivity contribution in [1.29, 1.82) is 0 Å². The van der Waals surface area contributed by atoms with Gasteiger partial charge in [-0.2, -0.15) is 0 Å². The lowest BCUT2D eigenvalue weighted by molar-refractivity contribution is 0.0308. The molecule has 0 saturated carbocycles. The van der Waals surface area contributed by atoms with Crippen LogP contribution in [0.4, 0.5) is 0 Å². The molecule has 1 N–H and O–H groups in total. The molecule has 1 aliphatic rings. The maximum atomic E-state index is 10.2. The molecule has 18 heavy (non-hydrogen) atoms. The normalized spacial score (nSPS) is 29.1. The van der Waals surface area contributed by atoms with E-state index in [0.717, 1.165) is 12.0 Å². The molecule has 0 aromatic rings. The SMILES string of the molecule is CC1=CC(O[Si](C)(C)C(C)(C)C)CC(C)(C)C1O. The summed E-state index contributed by atoms with van der Waals surface area (Å²) in [5.74, 6) is 0. The molecule has 3 heteroatoms.